The molecule has 0 unspecified atom stereocenters. The molecule has 0 saturated carbocycles. The van der Waals surface area contributed by atoms with Gasteiger partial charge in [0.05, 0.1) is 15.5 Å². The number of benzene rings is 1. The second-order valence-electron chi connectivity index (χ2n) is 5.53. The predicted octanol–water partition coefficient (Wildman–Crippen LogP) is 3.00. The molecular formula is C16H15ClF3N3O3S. The number of hydrogen-bond donors (Lipinski definition) is 2. The van der Waals surface area contributed by atoms with Crippen LogP contribution in [0.25, 0.3) is 0 Å². The van der Waals surface area contributed by atoms with Crippen molar-refractivity contribution in [2.75, 3.05) is 24.7 Å². The summed E-state index contributed by atoms with van der Waals surface area (Å²) in [5.74, 6) is -0.438. The van der Waals surface area contributed by atoms with Gasteiger partial charge in [-0.25, -0.2) is 13.4 Å². The summed E-state index contributed by atoms with van der Waals surface area (Å²) >= 11 is 5.76. The van der Waals surface area contributed by atoms with E-state index in [9.17, 15) is 26.4 Å². The maximum absolute atomic E-state index is 12.6. The van der Waals surface area contributed by atoms with Gasteiger partial charge in [-0.2, -0.15) is 13.2 Å². The van der Waals surface area contributed by atoms with Crippen molar-refractivity contribution in [1.82, 2.24) is 10.3 Å². The number of nitrogens with one attached hydrogen (secondary N) is 2. The average molecular weight is 422 g/mol. The number of carbonyl (C=O) groups excluding carboxylic acids is 1. The minimum absolute atomic E-state index is 0.0222. The van der Waals surface area contributed by atoms with Crippen LogP contribution >= 0.6 is 11.6 Å². The van der Waals surface area contributed by atoms with Crippen LogP contribution in [0.1, 0.15) is 15.9 Å². The number of carbonyl (C=O) groups is 1. The maximum Gasteiger partial charge on any atom is 0.417 e. The monoisotopic (exact) mass is 421 g/mol. The smallest absolute Gasteiger partial charge is 0.367 e. The standard InChI is InChI=1S/C16H15ClF3N3O3S/c1-27(25,26)12-4-2-3-10(7-12)15(24)22-6-5-21-14-13(17)8-11(9-23-14)16(18,19)20/h2-4,7-9H,5-6H2,1H3,(H,21,23)(H,22,24). The second-order valence-corrected chi connectivity index (χ2v) is 7.96. The molecule has 6 nitrogen and oxygen atoms in total. The Kier molecular flexibility index (Phi) is 6.32. The number of pyridine rings is 1. The normalized spacial score (nSPS) is 11.9. The lowest BCUT2D eigenvalue weighted by atomic mass is 10.2. The van der Waals surface area contributed by atoms with E-state index in [-0.39, 0.29) is 34.4 Å². The van der Waals surface area contributed by atoms with Crippen LogP contribution < -0.4 is 10.6 Å². The van der Waals surface area contributed by atoms with Crippen molar-refractivity contribution in [3.05, 3.63) is 52.7 Å². The third-order valence-corrected chi connectivity index (χ3v) is 4.79. The third-order valence-electron chi connectivity index (χ3n) is 3.40. The molecule has 1 amide bonds. The molecule has 2 N–H and O–H groups in total. The Labute approximate surface area is 158 Å². The first-order chi connectivity index (χ1) is 12.5. The van der Waals surface area contributed by atoms with Crippen LogP contribution in [0.4, 0.5) is 19.0 Å². The number of nitrogens with zero attached hydrogens (tertiary/aromatic N) is 1. The van der Waals surface area contributed by atoms with Gasteiger partial charge in [-0.1, -0.05) is 17.7 Å². The van der Waals surface area contributed by atoms with E-state index >= 15 is 0 Å². The van der Waals surface area contributed by atoms with Gasteiger partial charge in [-0.15, -0.1) is 0 Å². The van der Waals surface area contributed by atoms with Gasteiger partial charge < -0.3 is 10.6 Å². The molecule has 0 aliphatic heterocycles. The fourth-order valence-electron chi connectivity index (χ4n) is 2.05. The summed E-state index contributed by atoms with van der Waals surface area (Å²) < 4.78 is 60.7. The van der Waals surface area contributed by atoms with Gasteiger partial charge in [0.15, 0.2) is 9.84 Å². The highest BCUT2D eigenvalue weighted by molar-refractivity contribution is 7.90. The lowest BCUT2D eigenvalue weighted by Gasteiger charge is -2.11. The molecule has 11 heteroatoms. The first-order valence-electron chi connectivity index (χ1n) is 7.53. The van der Waals surface area contributed by atoms with Gasteiger partial charge in [-0.05, 0) is 24.3 Å². The SMILES string of the molecule is CS(=O)(=O)c1cccc(C(=O)NCCNc2ncc(C(F)(F)F)cc2Cl)c1. The summed E-state index contributed by atoms with van der Waals surface area (Å²) in [7, 11) is -3.43. The van der Waals surface area contributed by atoms with Crippen LogP contribution in [0, 0.1) is 0 Å². The molecular weight excluding hydrogens is 407 g/mol. The lowest BCUT2D eigenvalue weighted by Crippen LogP contribution is -2.29. The van der Waals surface area contributed by atoms with E-state index in [0.29, 0.717) is 6.20 Å². The molecule has 0 bridgehead atoms. The van der Waals surface area contributed by atoms with Crippen LogP contribution in [0.2, 0.25) is 5.02 Å². The molecule has 0 atom stereocenters. The number of sulfone groups is 1. The number of rotatable bonds is 6. The molecule has 1 aromatic carbocycles. The van der Waals surface area contributed by atoms with E-state index in [2.05, 4.69) is 15.6 Å². The Balaban J connectivity index is 1.91. The Morgan fingerprint density at radius 3 is 2.52 bits per heavy atom. The van der Waals surface area contributed by atoms with Gasteiger partial charge in [0.1, 0.15) is 5.82 Å². The largest absolute Gasteiger partial charge is 0.417 e. The molecule has 2 aromatic rings. The Morgan fingerprint density at radius 2 is 1.93 bits per heavy atom. The van der Waals surface area contributed by atoms with Crippen LogP contribution in [0.15, 0.2) is 41.4 Å². The molecule has 2 rings (SSSR count). The van der Waals surface area contributed by atoms with Crippen molar-refractivity contribution in [2.45, 2.75) is 11.1 Å². The van der Waals surface area contributed by atoms with E-state index in [1.54, 1.807) is 0 Å². The van der Waals surface area contributed by atoms with Crippen LogP contribution in [0.3, 0.4) is 0 Å². The molecule has 1 heterocycles. The number of alkyl halides is 3. The third kappa shape index (κ3) is 5.83. The molecule has 27 heavy (non-hydrogen) atoms. The lowest BCUT2D eigenvalue weighted by molar-refractivity contribution is -0.137. The van der Waals surface area contributed by atoms with Gasteiger partial charge in [0.2, 0.25) is 0 Å². The van der Waals surface area contributed by atoms with E-state index in [4.69, 9.17) is 11.6 Å². The van der Waals surface area contributed by atoms with Crippen LogP contribution in [-0.2, 0) is 16.0 Å². The zero-order chi connectivity index (χ0) is 20.2. The topological polar surface area (TPSA) is 88.2 Å². The van der Waals surface area contributed by atoms with Crippen molar-refractivity contribution >= 4 is 33.2 Å². The van der Waals surface area contributed by atoms with Crippen molar-refractivity contribution in [1.29, 1.82) is 0 Å². The molecule has 1 aromatic heterocycles. The molecule has 146 valence electrons. The molecule has 0 aliphatic carbocycles. The van der Waals surface area contributed by atoms with Crippen molar-refractivity contribution < 1.29 is 26.4 Å². The van der Waals surface area contributed by atoms with Gasteiger partial charge >= 0.3 is 6.18 Å². The summed E-state index contributed by atoms with van der Waals surface area (Å²) in [4.78, 5) is 15.7. The number of halogens is 4. The Morgan fingerprint density at radius 1 is 1.22 bits per heavy atom. The minimum Gasteiger partial charge on any atom is -0.367 e. The number of hydrogen-bond acceptors (Lipinski definition) is 5. The van der Waals surface area contributed by atoms with Crippen molar-refractivity contribution in [3.8, 4) is 0 Å². The fraction of sp³-hybridized carbons (Fsp3) is 0.250. The van der Waals surface area contributed by atoms with Crippen molar-refractivity contribution in [2.24, 2.45) is 0 Å². The Bertz CT molecular complexity index is 949. The molecule has 0 fully saturated rings. The van der Waals surface area contributed by atoms with E-state index in [1.165, 1.54) is 24.3 Å². The van der Waals surface area contributed by atoms with Crippen LogP contribution in [-0.4, -0.2) is 38.7 Å². The highest BCUT2D eigenvalue weighted by Gasteiger charge is 2.31. The number of anilines is 1. The number of amides is 1. The van der Waals surface area contributed by atoms with E-state index in [1.807, 2.05) is 0 Å². The van der Waals surface area contributed by atoms with Gasteiger partial charge in [-0.3, -0.25) is 4.79 Å². The first-order valence-corrected chi connectivity index (χ1v) is 9.80. The molecule has 0 aliphatic rings. The zero-order valence-electron chi connectivity index (χ0n) is 14.0. The first kappa shape index (κ1) is 21.0. The molecule has 0 spiro atoms. The summed E-state index contributed by atoms with van der Waals surface area (Å²) in [5.41, 5.74) is -0.791. The predicted molar refractivity (Wildman–Crippen MR) is 94.6 cm³/mol. The van der Waals surface area contributed by atoms with E-state index < -0.39 is 27.5 Å². The molecule has 0 saturated heterocycles. The number of aromatic nitrogens is 1. The summed E-state index contributed by atoms with van der Waals surface area (Å²) in [5, 5.41) is 5.07. The molecule has 0 radical (unpaired) electrons. The minimum atomic E-state index is -4.54. The fourth-order valence-corrected chi connectivity index (χ4v) is 2.95. The highest BCUT2D eigenvalue weighted by Crippen LogP contribution is 2.32. The highest BCUT2D eigenvalue weighted by atomic mass is 35.5. The maximum atomic E-state index is 12.6. The average Bonchev–Trinajstić information content (AvgIpc) is 2.58. The summed E-state index contributed by atoms with van der Waals surface area (Å²) in [6.45, 7) is 0.260. The Hall–Kier alpha value is -2.33. The van der Waals surface area contributed by atoms with Crippen LogP contribution in [0.5, 0.6) is 0 Å². The second kappa shape index (κ2) is 8.13. The van der Waals surface area contributed by atoms with Crippen molar-refractivity contribution in [3.63, 3.8) is 0 Å². The van der Waals surface area contributed by atoms with Gasteiger partial charge in [0.25, 0.3) is 5.91 Å². The quantitative estimate of drug-likeness (QED) is 0.700. The van der Waals surface area contributed by atoms with E-state index in [0.717, 1.165) is 12.3 Å². The summed E-state index contributed by atoms with van der Waals surface area (Å²) in [6.07, 6.45) is -2.85. The zero-order valence-corrected chi connectivity index (χ0v) is 15.5. The van der Waals surface area contributed by atoms with Gasteiger partial charge in [0, 0.05) is 31.1 Å². The summed E-state index contributed by atoms with van der Waals surface area (Å²) in [6, 6.07) is 6.31.